The first-order chi connectivity index (χ1) is 29.6. The Bertz CT molecular complexity index is 1680. The van der Waals surface area contributed by atoms with Crippen molar-refractivity contribution in [3.05, 3.63) is 73.3 Å². The molecule has 3 aliphatic rings. The zero-order chi connectivity index (χ0) is 43.4. The second-order valence-corrected chi connectivity index (χ2v) is 15.1. The van der Waals surface area contributed by atoms with Crippen LogP contribution in [0.5, 0.6) is 11.5 Å². The minimum absolute atomic E-state index is 0.0327. The number of benzene rings is 2. The number of carbonyl (C=O) groups excluding carboxylic acids is 2. The van der Waals surface area contributed by atoms with Gasteiger partial charge < -0.3 is 57.4 Å². The van der Waals surface area contributed by atoms with Gasteiger partial charge in [0.2, 0.25) is 0 Å². The van der Waals surface area contributed by atoms with Gasteiger partial charge in [-0.25, -0.2) is 9.59 Å². The standard InChI is InChI=1S/C40H55ClN4O16/c1-52-19-6-17-42-18-24-53-35-16-7-29(25-34(35)42)28-56-36-26-43(39(46)54-20-2-4-22-57-44(48)49)27-37(61-40(47)55-21-3-5-23-58-45(50)51)38(36)60-33-14-12-32(13-15-33)59-31-10-8-30(41)9-11-31/h7-11,16,25,32-33,36-38H,2-6,12-15,17-24,26-28H2,1H3. The van der Waals surface area contributed by atoms with Crippen LogP contribution in [-0.2, 0) is 44.7 Å². The lowest BCUT2D eigenvalue weighted by atomic mass is 9.93. The van der Waals surface area contributed by atoms with Crippen molar-refractivity contribution in [2.75, 3.05) is 77.8 Å². The summed E-state index contributed by atoms with van der Waals surface area (Å²) >= 11 is 6.05. The summed E-state index contributed by atoms with van der Waals surface area (Å²) in [5.41, 5.74) is 1.77. The first kappa shape index (κ1) is 47.0. The molecule has 2 aromatic rings. The van der Waals surface area contributed by atoms with E-state index in [0.29, 0.717) is 56.9 Å². The second-order valence-electron chi connectivity index (χ2n) is 14.7. The number of rotatable bonds is 24. The molecule has 5 rings (SSSR count). The number of amides is 1. The van der Waals surface area contributed by atoms with Gasteiger partial charge in [0.15, 0.2) is 6.10 Å². The minimum atomic E-state index is -1.05. The van der Waals surface area contributed by atoms with Crippen molar-refractivity contribution in [2.45, 2.75) is 94.9 Å². The summed E-state index contributed by atoms with van der Waals surface area (Å²) in [6, 6.07) is 13.0. The number of fused-ring (bicyclic) bond motifs is 1. The van der Waals surface area contributed by atoms with Crippen molar-refractivity contribution in [2.24, 2.45) is 0 Å². The summed E-state index contributed by atoms with van der Waals surface area (Å²) in [7, 11) is 1.67. The van der Waals surface area contributed by atoms with Crippen LogP contribution in [-0.4, -0.2) is 131 Å². The molecule has 1 saturated heterocycles. The maximum absolute atomic E-state index is 13.5. The van der Waals surface area contributed by atoms with Gasteiger partial charge in [0.25, 0.3) is 10.2 Å². The minimum Gasteiger partial charge on any atom is -0.490 e. The lowest BCUT2D eigenvalue weighted by Crippen LogP contribution is -2.60. The number of halogens is 1. The highest BCUT2D eigenvalue weighted by molar-refractivity contribution is 6.30. The molecule has 0 radical (unpaired) electrons. The van der Waals surface area contributed by atoms with Gasteiger partial charge in [-0.15, -0.1) is 20.2 Å². The van der Waals surface area contributed by atoms with Gasteiger partial charge in [-0.05, 0) is 99.7 Å². The van der Waals surface area contributed by atoms with Crippen LogP contribution >= 0.6 is 11.6 Å². The summed E-state index contributed by atoms with van der Waals surface area (Å²) in [5.74, 6) is 1.48. The fourth-order valence-electron chi connectivity index (χ4n) is 7.24. The molecule has 3 atom stereocenters. The third-order valence-electron chi connectivity index (χ3n) is 10.3. The van der Waals surface area contributed by atoms with E-state index in [0.717, 1.165) is 35.7 Å². The molecule has 61 heavy (non-hydrogen) atoms. The Hall–Kier alpha value is -5.05. The predicted molar refractivity (Wildman–Crippen MR) is 216 cm³/mol. The van der Waals surface area contributed by atoms with Crippen molar-refractivity contribution in [3.8, 4) is 11.5 Å². The molecule has 21 heteroatoms. The predicted octanol–water partition coefficient (Wildman–Crippen LogP) is 6.19. The number of nitrogens with zero attached hydrogens (tertiary/aromatic N) is 4. The second kappa shape index (κ2) is 25.0. The number of likely N-dealkylation sites (tertiary alicyclic amines) is 1. The Balaban J connectivity index is 1.30. The highest BCUT2D eigenvalue weighted by Gasteiger charge is 2.45. The van der Waals surface area contributed by atoms with Gasteiger partial charge in [0, 0.05) is 25.3 Å². The largest absolute Gasteiger partial charge is 0.508 e. The fraction of sp³-hybridized carbons (Fsp3) is 0.650. The fourth-order valence-corrected chi connectivity index (χ4v) is 7.37. The van der Waals surface area contributed by atoms with Crippen LogP contribution in [0.1, 0.15) is 63.4 Å². The summed E-state index contributed by atoms with van der Waals surface area (Å²) in [5, 5.41) is 19.8. The van der Waals surface area contributed by atoms with Crippen molar-refractivity contribution >= 4 is 29.5 Å². The van der Waals surface area contributed by atoms with E-state index in [2.05, 4.69) is 14.6 Å². The summed E-state index contributed by atoms with van der Waals surface area (Å²) in [6.07, 6.45) is -0.0661. The third-order valence-corrected chi connectivity index (χ3v) is 10.5. The molecule has 1 saturated carbocycles. The number of anilines is 1. The van der Waals surface area contributed by atoms with E-state index in [1.54, 1.807) is 19.2 Å². The van der Waals surface area contributed by atoms with E-state index in [9.17, 15) is 29.8 Å². The molecule has 0 N–H and O–H groups in total. The number of hydrogen-bond acceptors (Lipinski definition) is 17. The van der Waals surface area contributed by atoms with E-state index in [-0.39, 0.29) is 77.6 Å². The molecule has 338 valence electrons. The molecule has 2 heterocycles. The Kier molecular flexibility index (Phi) is 19.3. The molecule has 0 spiro atoms. The average Bonchev–Trinajstić information content (AvgIpc) is 3.24. The maximum Gasteiger partial charge on any atom is 0.508 e. The van der Waals surface area contributed by atoms with Gasteiger partial charge in [0.05, 0.1) is 70.6 Å². The SMILES string of the molecule is COCCCN1CCOc2ccc(COC3CN(C(=O)OCCCCO[N+](=O)[O-])CC(OC(=O)OCCCCO[N+](=O)[O-])C3OC3CCC(Oc4ccc(Cl)cc4)CC3)cc21. The lowest BCUT2D eigenvalue weighted by Gasteiger charge is -2.43. The van der Waals surface area contributed by atoms with Crippen LogP contribution in [0.25, 0.3) is 0 Å². The van der Waals surface area contributed by atoms with Crippen LogP contribution in [0.3, 0.4) is 0 Å². The number of carbonyl (C=O) groups is 2. The molecule has 2 fully saturated rings. The number of piperidine rings is 1. The number of hydrogen-bond donors (Lipinski definition) is 0. The van der Waals surface area contributed by atoms with Gasteiger partial charge >= 0.3 is 12.2 Å². The molecular weight excluding hydrogens is 828 g/mol. The van der Waals surface area contributed by atoms with Gasteiger partial charge in [-0.2, -0.15) is 0 Å². The van der Waals surface area contributed by atoms with Gasteiger partial charge in [-0.1, -0.05) is 17.7 Å². The third kappa shape index (κ3) is 16.1. The van der Waals surface area contributed by atoms with E-state index < -0.39 is 40.7 Å². The summed E-state index contributed by atoms with van der Waals surface area (Å²) in [6.45, 7) is 2.31. The average molecular weight is 883 g/mol. The molecular formula is C40H55ClN4O16. The van der Waals surface area contributed by atoms with Crippen LogP contribution in [0.2, 0.25) is 5.02 Å². The molecule has 3 unspecified atom stereocenters. The van der Waals surface area contributed by atoms with Crippen LogP contribution < -0.4 is 14.4 Å². The lowest BCUT2D eigenvalue weighted by molar-refractivity contribution is -0.757. The highest BCUT2D eigenvalue weighted by Crippen LogP contribution is 2.34. The Morgan fingerprint density at radius 3 is 2.16 bits per heavy atom. The first-order valence-electron chi connectivity index (χ1n) is 20.6. The quantitative estimate of drug-likeness (QED) is 0.0497. The van der Waals surface area contributed by atoms with E-state index in [4.69, 9.17) is 49.5 Å². The number of methoxy groups -OCH3 is 1. The zero-order valence-corrected chi connectivity index (χ0v) is 35.0. The first-order valence-corrected chi connectivity index (χ1v) is 20.9. The molecule has 1 amide bonds. The van der Waals surface area contributed by atoms with Crippen LogP contribution in [0.4, 0.5) is 15.3 Å². The van der Waals surface area contributed by atoms with E-state index >= 15 is 0 Å². The van der Waals surface area contributed by atoms with Crippen molar-refractivity contribution in [3.63, 3.8) is 0 Å². The summed E-state index contributed by atoms with van der Waals surface area (Å²) in [4.78, 5) is 59.9. The Morgan fingerprint density at radius 1 is 0.820 bits per heavy atom. The number of unbranched alkanes of at least 4 members (excludes halogenated alkanes) is 2. The van der Waals surface area contributed by atoms with Crippen molar-refractivity contribution < 1.29 is 67.3 Å². The zero-order valence-electron chi connectivity index (χ0n) is 34.3. The van der Waals surface area contributed by atoms with E-state index in [1.165, 1.54) is 4.90 Å². The van der Waals surface area contributed by atoms with Gasteiger partial charge in [0.1, 0.15) is 30.3 Å². The highest BCUT2D eigenvalue weighted by atomic mass is 35.5. The molecule has 1 aliphatic carbocycles. The monoisotopic (exact) mass is 882 g/mol. The van der Waals surface area contributed by atoms with E-state index in [1.807, 2.05) is 30.3 Å². The smallest absolute Gasteiger partial charge is 0.490 e. The Labute approximate surface area is 358 Å². The van der Waals surface area contributed by atoms with Crippen molar-refractivity contribution in [1.29, 1.82) is 0 Å². The van der Waals surface area contributed by atoms with Crippen LogP contribution in [0, 0.1) is 20.2 Å². The molecule has 2 aliphatic heterocycles. The topological polar surface area (TPSA) is 219 Å². The molecule has 0 aromatic heterocycles. The summed E-state index contributed by atoms with van der Waals surface area (Å²) < 4.78 is 47.5. The maximum atomic E-state index is 13.5. The molecule has 0 bridgehead atoms. The number of ether oxygens (including phenoxy) is 8. The molecule has 20 nitrogen and oxygen atoms in total. The molecule has 2 aromatic carbocycles. The van der Waals surface area contributed by atoms with Crippen molar-refractivity contribution in [1.82, 2.24) is 4.90 Å². The van der Waals surface area contributed by atoms with Crippen LogP contribution in [0.15, 0.2) is 42.5 Å². The van der Waals surface area contributed by atoms with Gasteiger partial charge in [-0.3, -0.25) is 0 Å². The normalized spacial score (nSPS) is 21.0. The Morgan fingerprint density at radius 2 is 1.48 bits per heavy atom.